The fraction of sp³-hybridized carbons (Fsp3) is 0.786. The molecule has 0 saturated carbocycles. The third kappa shape index (κ3) is 3.18. The Morgan fingerprint density at radius 2 is 2.10 bits per heavy atom. The molecule has 0 amide bonds. The second kappa shape index (κ2) is 6.43. The van der Waals surface area contributed by atoms with Crippen LogP contribution in [-0.4, -0.2) is 65.7 Å². The molecule has 1 unspecified atom stereocenters. The van der Waals surface area contributed by atoms with E-state index >= 15 is 0 Å². The van der Waals surface area contributed by atoms with Gasteiger partial charge in [-0.1, -0.05) is 6.42 Å². The lowest BCUT2D eigenvalue weighted by Gasteiger charge is -2.44. The molecular weight excluding hydrogens is 268 g/mol. The van der Waals surface area contributed by atoms with Gasteiger partial charge in [-0.05, 0) is 26.3 Å². The number of piperidine rings is 1. The maximum Gasteiger partial charge on any atom is 0.322 e. The minimum absolute atomic E-state index is 0.377. The largest absolute Gasteiger partial charge is 0.467 e. The van der Waals surface area contributed by atoms with Gasteiger partial charge in [0.25, 0.3) is 0 Å². The summed E-state index contributed by atoms with van der Waals surface area (Å²) in [5.41, 5.74) is 0. The summed E-state index contributed by atoms with van der Waals surface area (Å²) < 4.78 is 5.20. The van der Waals surface area contributed by atoms with Gasteiger partial charge in [0.15, 0.2) is 0 Å². The van der Waals surface area contributed by atoms with Crippen LogP contribution in [0.3, 0.4) is 0 Å². The first-order valence-corrected chi connectivity index (χ1v) is 7.83. The number of hydrogen-bond acceptors (Lipinski definition) is 7. The number of ether oxygens (including phenoxy) is 1. The molecule has 1 N–H and O–H groups in total. The Morgan fingerprint density at radius 1 is 1.19 bits per heavy atom. The molecule has 3 rings (SSSR count). The molecule has 1 aromatic rings. The van der Waals surface area contributed by atoms with Gasteiger partial charge in [-0.2, -0.15) is 15.0 Å². The highest BCUT2D eigenvalue weighted by Crippen LogP contribution is 2.24. The molecule has 3 heterocycles. The monoisotopic (exact) mass is 292 g/mol. The van der Waals surface area contributed by atoms with Crippen LogP contribution < -0.4 is 15.0 Å². The third-order valence-corrected chi connectivity index (χ3v) is 4.24. The molecule has 1 atom stereocenters. The molecule has 0 aromatic carbocycles. The number of aromatic nitrogens is 3. The lowest BCUT2D eigenvalue weighted by Crippen LogP contribution is -2.55. The van der Waals surface area contributed by atoms with Crippen molar-refractivity contribution in [3.8, 4) is 6.01 Å². The van der Waals surface area contributed by atoms with E-state index in [4.69, 9.17) is 4.74 Å². The van der Waals surface area contributed by atoms with E-state index in [2.05, 4.69) is 30.1 Å². The lowest BCUT2D eigenvalue weighted by atomic mass is 10.00. The average Bonchev–Trinajstić information content (AvgIpc) is 2.54. The topological polar surface area (TPSA) is 66.4 Å². The summed E-state index contributed by atoms with van der Waals surface area (Å²) in [5, 5.41) is 3.14. The van der Waals surface area contributed by atoms with E-state index in [1.54, 1.807) is 7.11 Å². The Balaban J connectivity index is 1.77. The molecule has 0 bridgehead atoms. The van der Waals surface area contributed by atoms with Gasteiger partial charge >= 0.3 is 6.01 Å². The SMILES string of the molecule is CCNc1nc(OC)nc(N2CCN3CCCCC3C2)n1. The number of nitrogens with zero attached hydrogens (tertiary/aromatic N) is 5. The predicted octanol–water partition coefficient (Wildman–Crippen LogP) is 0.986. The van der Waals surface area contributed by atoms with Crippen molar-refractivity contribution in [2.75, 3.05) is 50.1 Å². The van der Waals surface area contributed by atoms with E-state index in [1.165, 1.54) is 25.8 Å². The zero-order chi connectivity index (χ0) is 14.7. The van der Waals surface area contributed by atoms with E-state index in [0.717, 1.165) is 32.1 Å². The molecule has 0 radical (unpaired) electrons. The second-order valence-electron chi connectivity index (χ2n) is 5.61. The highest BCUT2D eigenvalue weighted by atomic mass is 16.5. The number of anilines is 2. The van der Waals surface area contributed by atoms with Crippen molar-refractivity contribution in [3.63, 3.8) is 0 Å². The molecule has 2 saturated heterocycles. The number of piperazine rings is 1. The van der Waals surface area contributed by atoms with Crippen molar-refractivity contribution in [2.45, 2.75) is 32.2 Å². The summed E-state index contributed by atoms with van der Waals surface area (Å²) in [6, 6.07) is 1.01. The summed E-state index contributed by atoms with van der Waals surface area (Å²) in [6.07, 6.45) is 3.94. The molecule has 0 aliphatic carbocycles. The number of methoxy groups -OCH3 is 1. The Morgan fingerprint density at radius 3 is 2.90 bits per heavy atom. The normalized spacial score (nSPS) is 22.8. The van der Waals surface area contributed by atoms with Crippen molar-refractivity contribution in [3.05, 3.63) is 0 Å². The van der Waals surface area contributed by atoms with Gasteiger partial charge in [-0.15, -0.1) is 0 Å². The van der Waals surface area contributed by atoms with E-state index in [9.17, 15) is 0 Å². The standard InChI is InChI=1S/C14H24N6O/c1-3-15-12-16-13(18-14(17-12)21-2)20-9-8-19-7-5-4-6-11(19)10-20/h11H,3-10H2,1-2H3,(H,15,16,17,18). The molecule has 1 aromatic heterocycles. The number of hydrogen-bond donors (Lipinski definition) is 1. The predicted molar refractivity (Wildman–Crippen MR) is 82.0 cm³/mol. The summed E-state index contributed by atoms with van der Waals surface area (Å²) in [5.74, 6) is 1.31. The summed E-state index contributed by atoms with van der Waals surface area (Å²) in [6.45, 7) is 7.10. The van der Waals surface area contributed by atoms with Crippen LogP contribution in [0.5, 0.6) is 6.01 Å². The number of nitrogens with one attached hydrogen (secondary N) is 1. The van der Waals surface area contributed by atoms with E-state index < -0.39 is 0 Å². The minimum atomic E-state index is 0.377. The van der Waals surface area contributed by atoms with Crippen LogP contribution in [0.2, 0.25) is 0 Å². The van der Waals surface area contributed by atoms with Gasteiger partial charge in [0, 0.05) is 32.2 Å². The highest BCUT2D eigenvalue weighted by molar-refractivity contribution is 5.39. The van der Waals surface area contributed by atoms with E-state index in [0.29, 0.717) is 18.0 Å². The van der Waals surface area contributed by atoms with Crippen LogP contribution in [0, 0.1) is 0 Å². The van der Waals surface area contributed by atoms with Crippen LogP contribution >= 0.6 is 0 Å². The first kappa shape index (κ1) is 14.3. The Labute approximate surface area is 125 Å². The van der Waals surface area contributed by atoms with Crippen molar-refractivity contribution in [2.24, 2.45) is 0 Å². The molecular formula is C14H24N6O. The van der Waals surface area contributed by atoms with Crippen LogP contribution in [0.25, 0.3) is 0 Å². The second-order valence-corrected chi connectivity index (χ2v) is 5.61. The van der Waals surface area contributed by atoms with Gasteiger partial charge in [0.1, 0.15) is 0 Å². The average molecular weight is 292 g/mol. The van der Waals surface area contributed by atoms with Gasteiger partial charge in [-0.3, -0.25) is 4.90 Å². The fourth-order valence-corrected chi connectivity index (χ4v) is 3.15. The summed E-state index contributed by atoms with van der Waals surface area (Å²) in [4.78, 5) is 18.0. The minimum Gasteiger partial charge on any atom is -0.467 e. The molecule has 7 nitrogen and oxygen atoms in total. The van der Waals surface area contributed by atoms with Crippen molar-refractivity contribution in [1.82, 2.24) is 19.9 Å². The van der Waals surface area contributed by atoms with Crippen LogP contribution in [0.4, 0.5) is 11.9 Å². The number of fused-ring (bicyclic) bond motifs is 1. The van der Waals surface area contributed by atoms with Crippen molar-refractivity contribution in [1.29, 1.82) is 0 Å². The maximum atomic E-state index is 5.20. The Kier molecular flexibility index (Phi) is 4.38. The van der Waals surface area contributed by atoms with Crippen molar-refractivity contribution >= 4 is 11.9 Å². The first-order valence-electron chi connectivity index (χ1n) is 7.83. The van der Waals surface area contributed by atoms with Gasteiger partial charge in [0.2, 0.25) is 11.9 Å². The van der Waals surface area contributed by atoms with E-state index in [-0.39, 0.29) is 0 Å². The quantitative estimate of drug-likeness (QED) is 0.887. The number of rotatable bonds is 4. The smallest absolute Gasteiger partial charge is 0.322 e. The zero-order valence-corrected chi connectivity index (χ0v) is 12.9. The fourth-order valence-electron chi connectivity index (χ4n) is 3.15. The van der Waals surface area contributed by atoms with Crippen molar-refractivity contribution < 1.29 is 4.74 Å². The molecule has 0 spiro atoms. The van der Waals surface area contributed by atoms with Crippen LogP contribution in [0.15, 0.2) is 0 Å². The highest BCUT2D eigenvalue weighted by Gasteiger charge is 2.30. The Hall–Kier alpha value is -1.63. The molecule has 2 aliphatic rings. The lowest BCUT2D eigenvalue weighted by molar-refractivity contribution is 0.132. The van der Waals surface area contributed by atoms with Gasteiger partial charge in [0.05, 0.1) is 7.11 Å². The zero-order valence-electron chi connectivity index (χ0n) is 12.9. The van der Waals surface area contributed by atoms with E-state index in [1.807, 2.05) is 6.92 Å². The van der Waals surface area contributed by atoms with Gasteiger partial charge in [-0.25, -0.2) is 0 Å². The Bertz CT molecular complexity index is 483. The molecule has 116 valence electrons. The summed E-state index contributed by atoms with van der Waals surface area (Å²) >= 11 is 0. The van der Waals surface area contributed by atoms with Crippen LogP contribution in [0.1, 0.15) is 26.2 Å². The summed E-state index contributed by atoms with van der Waals surface area (Å²) in [7, 11) is 1.59. The third-order valence-electron chi connectivity index (χ3n) is 4.24. The molecule has 2 fully saturated rings. The molecule has 21 heavy (non-hydrogen) atoms. The molecule has 7 heteroatoms. The maximum absolute atomic E-state index is 5.20. The van der Waals surface area contributed by atoms with Gasteiger partial charge < -0.3 is 15.0 Å². The first-order chi connectivity index (χ1) is 10.3. The molecule has 2 aliphatic heterocycles. The van der Waals surface area contributed by atoms with Crippen LogP contribution in [-0.2, 0) is 0 Å².